The molecule has 24 valence electrons. The molecule has 0 heterocycles. The SMILES string of the molecule is [B]B=BB=BB=O. The van der Waals surface area contributed by atoms with Gasteiger partial charge in [0, 0.05) is 0 Å². The molecule has 7 heteroatoms. The fourth-order valence-corrected chi connectivity index (χ4v) is 0.174. The average molecular weight is 80.9 g/mol. The summed E-state index contributed by atoms with van der Waals surface area (Å²) in [6, 6.07) is 0. The Kier molecular flexibility index (Phi) is 6.36. The van der Waals surface area contributed by atoms with E-state index in [2.05, 4.69) is 0 Å². The summed E-state index contributed by atoms with van der Waals surface area (Å²) < 4.78 is 9.52. The van der Waals surface area contributed by atoms with E-state index in [0.717, 1.165) is 0 Å². The molecule has 0 bridgehead atoms. The Morgan fingerprint density at radius 2 is 1.86 bits per heavy atom. The zero-order chi connectivity index (χ0) is 5.54. The summed E-state index contributed by atoms with van der Waals surface area (Å²) in [7, 11) is 5.62. The summed E-state index contributed by atoms with van der Waals surface area (Å²) in [4.78, 5) is 0. The average Bonchev–Trinajstić information content (AvgIpc) is 1.69. The Balaban J connectivity index is 3.27. The van der Waals surface area contributed by atoms with E-state index >= 15 is 0 Å². The van der Waals surface area contributed by atoms with Crippen molar-refractivity contribution in [1.82, 2.24) is 0 Å². The van der Waals surface area contributed by atoms with Crippen LogP contribution in [-0.2, 0) is 4.70 Å². The van der Waals surface area contributed by atoms with Gasteiger partial charge in [-0.2, -0.15) is 0 Å². The van der Waals surface area contributed by atoms with Crippen molar-refractivity contribution in [3.8, 4) is 0 Å². The van der Waals surface area contributed by atoms with Crippen LogP contribution in [0.3, 0.4) is 0 Å². The molecule has 0 spiro atoms. The summed E-state index contributed by atoms with van der Waals surface area (Å²) >= 11 is 0. The molecule has 0 atom stereocenters. The topological polar surface area (TPSA) is 17.1 Å². The van der Waals surface area contributed by atoms with Crippen molar-refractivity contribution in [3.63, 3.8) is 0 Å². The van der Waals surface area contributed by atoms with Gasteiger partial charge in [-0.3, -0.25) is 0 Å². The van der Waals surface area contributed by atoms with E-state index < -0.39 is 0 Å². The molecule has 0 aliphatic heterocycles. The minimum absolute atomic E-state index is 0.694. The Labute approximate surface area is 47.1 Å². The summed E-state index contributed by atoms with van der Waals surface area (Å²) in [6.07, 6.45) is 0. The predicted molar refractivity (Wildman–Crippen MR) is 35.2 cm³/mol. The standard InChI is InChI=1S/B6O/c1-2-3-4-5-6-7. The molecule has 7 heavy (non-hydrogen) atoms. The van der Waals surface area contributed by atoms with Crippen molar-refractivity contribution < 1.29 is 4.70 Å². The van der Waals surface area contributed by atoms with Crippen molar-refractivity contribution in [2.45, 2.75) is 0 Å². The molecular weight excluding hydrogens is 80.9 g/mol. The third kappa shape index (κ3) is 6.19. The van der Waals surface area contributed by atoms with E-state index in [-0.39, 0.29) is 0 Å². The maximum absolute atomic E-state index is 9.52. The summed E-state index contributed by atoms with van der Waals surface area (Å²) in [5, 5.41) is 0. The normalized spacial score (nSPS) is 5.71. The zero-order valence-corrected chi connectivity index (χ0v) is 3.87. The van der Waals surface area contributed by atoms with Crippen molar-refractivity contribution in [2.24, 2.45) is 0 Å². The second-order valence-electron chi connectivity index (χ2n) is 0.906. The van der Waals surface area contributed by atoms with Crippen LogP contribution in [0.4, 0.5) is 0 Å². The fraction of sp³-hybridized carbons (Fsp3) is 0. The van der Waals surface area contributed by atoms with E-state index in [4.69, 9.17) is 7.74 Å². The van der Waals surface area contributed by atoms with Gasteiger partial charge in [-0.25, -0.2) is 0 Å². The molecular formula is B6O. The zero-order valence-electron chi connectivity index (χ0n) is 3.87. The quantitative estimate of drug-likeness (QED) is 0.338. The van der Waals surface area contributed by atoms with Crippen LogP contribution < -0.4 is 0 Å². The molecule has 0 saturated carbocycles. The molecule has 0 aromatic heterocycles. The van der Waals surface area contributed by atoms with Crippen LogP contribution in [0.25, 0.3) is 0 Å². The van der Waals surface area contributed by atoms with Crippen molar-refractivity contribution in [3.05, 3.63) is 0 Å². The first-order valence-electron chi connectivity index (χ1n) is 1.90. The van der Waals surface area contributed by atoms with Crippen molar-refractivity contribution in [1.29, 1.82) is 0 Å². The molecule has 0 aliphatic rings. The van der Waals surface area contributed by atoms with E-state index in [1.807, 2.05) is 0 Å². The first-order chi connectivity index (χ1) is 3.41. The van der Waals surface area contributed by atoms with Gasteiger partial charge < -0.3 is 0 Å². The van der Waals surface area contributed by atoms with Gasteiger partial charge in [0.2, 0.25) is 0 Å². The van der Waals surface area contributed by atoms with Crippen LogP contribution in [0.5, 0.6) is 0 Å². The second kappa shape index (κ2) is 6.19. The molecule has 0 fully saturated rings. The Morgan fingerprint density at radius 3 is 2.29 bits per heavy atom. The van der Waals surface area contributed by atoms with Gasteiger partial charge in [-0.15, -0.1) is 0 Å². The Hall–Kier alpha value is 0.190. The minimum atomic E-state index is 0.694. The van der Waals surface area contributed by atoms with Crippen LogP contribution >= 0.6 is 0 Å². The number of rotatable bonds is 2. The molecule has 1 nitrogen and oxygen atoms in total. The monoisotopic (exact) mass is 82.1 g/mol. The third-order valence-corrected chi connectivity index (χ3v) is 0.412. The molecule has 0 aliphatic carbocycles. The molecule has 0 aromatic carbocycles. The molecule has 0 aromatic rings. The van der Waals surface area contributed by atoms with Gasteiger partial charge in [0.05, 0.1) is 0 Å². The van der Waals surface area contributed by atoms with Crippen LogP contribution in [0.15, 0.2) is 0 Å². The van der Waals surface area contributed by atoms with Crippen molar-refractivity contribution in [2.75, 3.05) is 0 Å². The van der Waals surface area contributed by atoms with Crippen LogP contribution in [0, 0.1) is 0 Å². The molecule has 0 rings (SSSR count). The van der Waals surface area contributed by atoms with Gasteiger partial charge in [0.1, 0.15) is 0 Å². The summed E-state index contributed by atoms with van der Waals surface area (Å²) in [6.45, 7) is 5.87. The van der Waals surface area contributed by atoms with Gasteiger partial charge in [-0.05, 0) is 0 Å². The van der Waals surface area contributed by atoms with E-state index in [1.165, 1.54) is 13.4 Å². The van der Waals surface area contributed by atoms with E-state index in [1.54, 1.807) is 13.4 Å². The Bertz CT molecular complexity index is 90.4. The van der Waals surface area contributed by atoms with Gasteiger partial charge >= 0.3 is 46.3 Å². The van der Waals surface area contributed by atoms with Crippen LogP contribution in [-0.4, -0.2) is 41.5 Å². The van der Waals surface area contributed by atoms with Gasteiger partial charge in [-0.1, -0.05) is 0 Å². The van der Waals surface area contributed by atoms with Crippen LogP contribution in [0.2, 0.25) is 0 Å². The molecule has 0 saturated heterocycles. The fourth-order valence-electron chi connectivity index (χ4n) is 0.174. The summed E-state index contributed by atoms with van der Waals surface area (Å²) in [5.41, 5.74) is 0. The number of hydrogen-bond acceptors (Lipinski definition) is 1. The first-order valence-corrected chi connectivity index (χ1v) is 1.90. The first kappa shape index (κ1) is 7.19. The van der Waals surface area contributed by atoms with E-state index in [0.29, 0.717) is 7.04 Å². The number of hydrogen-bond donors (Lipinski definition) is 0. The van der Waals surface area contributed by atoms with Gasteiger partial charge in [0.15, 0.2) is 0 Å². The molecule has 0 unspecified atom stereocenters. The molecule has 0 amide bonds. The van der Waals surface area contributed by atoms with Crippen molar-refractivity contribution >= 4 is 41.5 Å². The van der Waals surface area contributed by atoms with Gasteiger partial charge in [0.25, 0.3) is 0 Å². The van der Waals surface area contributed by atoms with E-state index in [9.17, 15) is 4.70 Å². The molecule has 2 radical (unpaired) electrons. The third-order valence-electron chi connectivity index (χ3n) is 0.412. The van der Waals surface area contributed by atoms with Crippen LogP contribution in [0.1, 0.15) is 0 Å². The second-order valence-corrected chi connectivity index (χ2v) is 0.906. The maximum atomic E-state index is 9.52. The predicted octanol–water partition coefficient (Wildman–Crippen LogP) is -2.40. The molecule has 0 N–H and O–H groups in total. The summed E-state index contributed by atoms with van der Waals surface area (Å²) in [5.74, 6) is 0. The Morgan fingerprint density at radius 1 is 1.14 bits per heavy atom.